The van der Waals surface area contributed by atoms with Crippen molar-refractivity contribution in [1.29, 1.82) is 0 Å². The molecule has 2 amide bonds. The Morgan fingerprint density at radius 2 is 1.78 bits per heavy atom. The number of aromatic nitrogens is 1. The van der Waals surface area contributed by atoms with Crippen LogP contribution in [0, 0.1) is 0 Å². The lowest BCUT2D eigenvalue weighted by molar-refractivity contribution is -0.145. The molecule has 2 aliphatic heterocycles. The molecule has 2 aliphatic rings. The molecule has 1 aromatic carbocycles. The SMILES string of the molecule is Cn1cccc1C(=O)N1CCCC12CCCN(CCc1ccccc1)C2=O. The van der Waals surface area contributed by atoms with Gasteiger partial charge in [0.1, 0.15) is 11.2 Å². The standard InChI is InChI=1S/C22H27N3O2/c1-23-14-5-10-19(23)20(26)25-16-7-13-22(25)12-6-15-24(21(22)27)17-11-18-8-3-2-4-9-18/h2-5,8-10,14H,6-7,11-13,15-17H2,1H3. The zero-order valence-corrected chi connectivity index (χ0v) is 15.9. The first-order valence-electron chi connectivity index (χ1n) is 9.88. The van der Waals surface area contributed by atoms with E-state index in [0.29, 0.717) is 12.2 Å². The largest absolute Gasteiger partial charge is 0.347 e. The number of likely N-dealkylation sites (tertiary alicyclic amines) is 2. The Bertz CT molecular complexity index is 829. The maximum atomic E-state index is 13.5. The van der Waals surface area contributed by atoms with Crippen LogP contribution in [0.15, 0.2) is 48.7 Å². The summed E-state index contributed by atoms with van der Waals surface area (Å²) in [5.74, 6) is 0.128. The van der Waals surface area contributed by atoms with Crippen molar-refractivity contribution in [2.45, 2.75) is 37.6 Å². The summed E-state index contributed by atoms with van der Waals surface area (Å²) in [5.41, 5.74) is 1.26. The lowest BCUT2D eigenvalue weighted by atomic mass is 9.85. The van der Waals surface area contributed by atoms with Gasteiger partial charge in [0.2, 0.25) is 5.91 Å². The van der Waals surface area contributed by atoms with Crippen LogP contribution in [-0.2, 0) is 18.3 Å². The van der Waals surface area contributed by atoms with E-state index in [1.165, 1.54) is 5.56 Å². The average Bonchev–Trinajstić information content (AvgIpc) is 3.30. The highest BCUT2D eigenvalue weighted by molar-refractivity contribution is 5.99. The van der Waals surface area contributed by atoms with Crippen molar-refractivity contribution in [3.63, 3.8) is 0 Å². The van der Waals surface area contributed by atoms with Gasteiger partial charge in [0.15, 0.2) is 0 Å². The van der Waals surface area contributed by atoms with Gasteiger partial charge in [-0.3, -0.25) is 9.59 Å². The van der Waals surface area contributed by atoms with E-state index in [4.69, 9.17) is 0 Å². The van der Waals surface area contributed by atoms with Gasteiger partial charge in [0.05, 0.1) is 0 Å². The van der Waals surface area contributed by atoms with Crippen LogP contribution in [0.5, 0.6) is 0 Å². The Balaban J connectivity index is 1.53. The number of carbonyl (C=O) groups is 2. The molecule has 2 fully saturated rings. The molecule has 1 atom stereocenters. The third kappa shape index (κ3) is 3.15. The van der Waals surface area contributed by atoms with E-state index in [1.54, 1.807) is 0 Å². The van der Waals surface area contributed by atoms with Crippen LogP contribution in [0.1, 0.15) is 41.7 Å². The maximum Gasteiger partial charge on any atom is 0.271 e. The summed E-state index contributed by atoms with van der Waals surface area (Å²) in [5, 5.41) is 0. The zero-order valence-electron chi connectivity index (χ0n) is 15.9. The van der Waals surface area contributed by atoms with E-state index >= 15 is 0 Å². The molecule has 1 aromatic heterocycles. The van der Waals surface area contributed by atoms with E-state index in [9.17, 15) is 9.59 Å². The van der Waals surface area contributed by atoms with Gasteiger partial charge in [0.25, 0.3) is 5.91 Å². The average molecular weight is 365 g/mol. The fourth-order valence-corrected chi connectivity index (χ4v) is 4.67. The summed E-state index contributed by atoms with van der Waals surface area (Å²) in [6.45, 7) is 2.18. The van der Waals surface area contributed by atoms with Crippen molar-refractivity contribution < 1.29 is 9.59 Å². The van der Waals surface area contributed by atoms with Crippen LogP contribution in [0.2, 0.25) is 0 Å². The van der Waals surface area contributed by atoms with E-state index < -0.39 is 5.54 Å². The number of amides is 2. The number of piperidine rings is 1. The van der Waals surface area contributed by atoms with Gasteiger partial charge in [-0.05, 0) is 49.8 Å². The second-order valence-corrected chi connectivity index (χ2v) is 7.73. The molecule has 5 heteroatoms. The Labute approximate surface area is 160 Å². The van der Waals surface area contributed by atoms with E-state index in [0.717, 1.165) is 45.2 Å². The smallest absolute Gasteiger partial charge is 0.271 e. The summed E-state index contributed by atoms with van der Waals surface area (Å²) < 4.78 is 1.84. The van der Waals surface area contributed by atoms with Crippen LogP contribution in [0.3, 0.4) is 0 Å². The summed E-state index contributed by atoms with van der Waals surface area (Å²) in [7, 11) is 1.88. The summed E-state index contributed by atoms with van der Waals surface area (Å²) >= 11 is 0. The third-order valence-electron chi connectivity index (χ3n) is 6.11. The molecule has 27 heavy (non-hydrogen) atoms. The first-order chi connectivity index (χ1) is 13.1. The number of hydrogen-bond donors (Lipinski definition) is 0. The first-order valence-corrected chi connectivity index (χ1v) is 9.88. The number of aryl methyl sites for hydroxylation is 1. The summed E-state index contributed by atoms with van der Waals surface area (Å²) in [6, 6.07) is 14.0. The minimum absolute atomic E-state index is 0.0155. The van der Waals surface area contributed by atoms with Gasteiger partial charge < -0.3 is 14.4 Å². The van der Waals surface area contributed by atoms with Crippen LogP contribution < -0.4 is 0 Å². The van der Waals surface area contributed by atoms with Crippen molar-refractivity contribution in [1.82, 2.24) is 14.4 Å². The first kappa shape index (κ1) is 17.8. The van der Waals surface area contributed by atoms with Gasteiger partial charge >= 0.3 is 0 Å². The molecule has 1 spiro atoms. The second kappa shape index (κ2) is 7.22. The van der Waals surface area contributed by atoms with E-state index in [1.807, 2.05) is 57.9 Å². The van der Waals surface area contributed by atoms with Crippen molar-refractivity contribution in [3.8, 4) is 0 Å². The maximum absolute atomic E-state index is 13.5. The molecule has 0 bridgehead atoms. The highest BCUT2D eigenvalue weighted by atomic mass is 16.2. The molecule has 4 rings (SSSR count). The van der Waals surface area contributed by atoms with Crippen LogP contribution in [0.4, 0.5) is 0 Å². The van der Waals surface area contributed by atoms with Gasteiger partial charge in [-0.15, -0.1) is 0 Å². The van der Waals surface area contributed by atoms with E-state index in [2.05, 4.69) is 12.1 Å². The molecule has 5 nitrogen and oxygen atoms in total. The van der Waals surface area contributed by atoms with Crippen LogP contribution in [-0.4, -0.2) is 51.4 Å². The van der Waals surface area contributed by atoms with Crippen LogP contribution >= 0.6 is 0 Å². The molecular weight excluding hydrogens is 338 g/mol. The zero-order chi connectivity index (χ0) is 18.9. The molecule has 0 aliphatic carbocycles. The Kier molecular flexibility index (Phi) is 4.77. The lowest BCUT2D eigenvalue weighted by Gasteiger charge is -2.44. The minimum atomic E-state index is -0.643. The monoisotopic (exact) mass is 365 g/mol. The van der Waals surface area contributed by atoms with Gasteiger partial charge in [-0.25, -0.2) is 0 Å². The molecule has 2 saturated heterocycles. The molecule has 0 radical (unpaired) electrons. The number of benzene rings is 1. The summed E-state index contributed by atoms with van der Waals surface area (Å²) in [6.07, 6.45) is 6.15. The van der Waals surface area contributed by atoms with Crippen molar-refractivity contribution in [3.05, 3.63) is 59.9 Å². The normalized spacial score (nSPS) is 22.6. The predicted octanol–water partition coefficient (Wildman–Crippen LogP) is 2.87. The molecule has 142 valence electrons. The second-order valence-electron chi connectivity index (χ2n) is 7.73. The molecule has 1 unspecified atom stereocenters. The van der Waals surface area contributed by atoms with Crippen molar-refractivity contribution in [2.24, 2.45) is 7.05 Å². The van der Waals surface area contributed by atoms with Crippen molar-refractivity contribution in [2.75, 3.05) is 19.6 Å². The number of nitrogens with zero attached hydrogens (tertiary/aromatic N) is 3. The fraction of sp³-hybridized carbons (Fsp3) is 0.455. The highest BCUT2D eigenvalue weighted by Gasteiger charge is 2.52. The molecule has 2 aromatic rings. The predicted molar refractivity (Wildman–Crippen MR) is 104 cm³/mol. The highest BCUT2D eigenvalue weighted by Crippen LogP contribution is 2.39. The number of rotatable bonds is 4. The van der Waals surface area contributed by atoms with Gasteiger partial charge in [-0.2, -0.15) is 0 Å². The summed E-state index contributed by atoms with van der Waals surface area (Å²) in [4.78, 5) is 30.5. The molecular formula is C22H27N3O2. The topological polar surface area (TPSA) is 45.6 Å². The fourth-order valence-electron chi connectivity index (χ4n) is 4.67. The van der Waals surface area contributed by atoms with Crippen LogP contribution in [0.25, 0.3) is 0 Å². The Morgan fingerprint density at radius 1 is 1.04 bits per heavy atom. The Morgan fingerprint density at radius 3 is 2.48 bits per heavy atom. The molecule has 0 saturated carbocycles. The van der Waals surface area contributed by atoms with Gasteiger partial charge in [0, 0.05) is 32.9 Å². The van der Waals surface area contributed by atoms with Gasteiger partial charge in [-0.1, -0.05) is 30.3 Å². The lowest BCUT2D eigenvalue weighted by Crippen LogP contribution is -2.61. The molecule has 3 heterocycles. The van der Waals surface area contributed by atoms with Crippen molar-refractivity contribution >= 4 is 11.8 Å². The molecule has 0 N–H and O–H groups in total. The van der Waals surface area contributed by atoms with E-state index in [-0.39, 0.29) is 11.8 Å². The third-order valence-corrected chi connectivity index (χ3v) is 6.11. The number of carbonyl (C=O) groups excluding carboxylic acids is 2. The number of hydrogen-bond acceptors (Lipinski definition) is 2. The Hall–Kier alpha value is -2.56. The minimum Gasteiger partial charge on any atom is -0.347 e. The quantitative estimate of drug-likeness (QED) is 0.836.